The van der Waals surface area contributed by atoms with E-state index < -0.39 is 9.84 Å². The molecule has 3 rings (SSSR count). The number of benzene rings is 1. The second-order valence-electron chi connectivity index (χ2n) is 4.71. The summed E-state index contributed by atoms with van der Waals surface area (Å²) in [5.74, 6) is 1.10. The van der Waals surface area contributed by atoms with Crippen LogP contribution in [0, 0.1) is 0 Å². The van der Waals surface area contributed by atoms with Crippen molar-refractivity contribution >= 4 is 37.2 Å². The van der Waals surface area contributed by atoms with E-state index >= 15 is 0 Å². The first kappa shape index (κ1) is 14.9. The first-order valence-corrected chi connectivity index (χ1v) is 9.08. The molecular formula is C14H15N3O3S2. The highest BCUT2D eigenvalue weighted by atomic mass is 32.2. The molecule has 0 fully saturated rings. The number of nitrogens with one attached hydrogen (secondary N) is 1. The summed E-state index contributed by atoms with van der Waals surface area (Å²) in [7, 11) is -1.78. The van der Waals surface area contributed by atoms with Gasteiger partial charge in [0.25, 0.3) is 0 Å². The molecule has 6 nitrogen and oxygen atoms in total. The van der Waals surface area contributed by atoms with Crippen molar-refractivity contribution in [3.8, 4) is 16.9 Å². The lowest BCUT2D eigenvalue weighted by Gasteiger charge is -2.06. The molecule has 2 aromatic heterocycles. The maximum absolute atomic E-state index is 12.4. The lowest BCUT2D eigenvalue weighted by atomic mass is 10.1. The second kappa shape index (κ2) is 5.29. The van der Waals surface area contributed by atoms with Gasteiger partial charge in [-0.05, 0) is 17.7 Å². The number of aromatic nitrogens is 2. The number of sulfone groups is 1. The Hall–Kier alpha value is -2.06. The number of nitrogen functional groups attached to an aromatic ring is 1. The van der Waals surface area contributed by atoms with Gasteiger partial charge in [-0.15, -0.1) is 11.3 Å². The van der Waals surface area contributed by atoms with Crippen LogP contribution in [0.25, 0.3) is 21.3 Å². The number of hydrogen-bond donors (Lipinski definition) is 2. The molecule has 116 valence electrons. The van der Waals surface area contributed by atoms with E-state index in [0.29, 0.717) is 31.6 Å². The van der Waals surface area contributed by atoms with Gasteiger partial charge in [0, 0.05) is 5.56 Å². The summed E-state index contributed by atoms with van der Waals surface area (Å²) in [6, 6.07) is 7.22. The summed E-state index contributed by atoms with van der Waals surface area (Å²) >= 11 is 1.14. The van der Waals surface area contributed by atoms with Crippen LogP contribution in [0.5, 0.6) is 5.75 Å². The van der Waals surface area contributed by atoms with E-state index in [9.17, 15) is 8.42 Å². The molecule has 0 atom stereocenters. The molecule has 1 aromatic carbocycles. The molecule has 0 aliphatic carbocycles. The third-order valence-corrected chi connectivity index (χ3v) is 6.87. The number of aromatic amines is 1. The van der Waals surface area contributed by atoms with Gasteiger partial charge in [-0.2, -0.15) is 5.10 Å². The molecule has 0 saturated carbocycles. The third-order valence-electron chi connectivity index (χ3n) is 3.45. The fraction of sp³-hybridized carbons (Fsp3) is 0.214. The van der Waals surface area contributed by atoms with Crippen LogP contribution in [0.15, 0.2) is 28.5 Å². The van der Waals surface area contributed by atoms with E-state index in [1.54, 1.807) is 26.2 Å². The van der Waals surface area contributed by atoms with Gasteiger partial charge in [-0.3, -0.25) is 5.10 Å². The fourth-order valence-electron chi connectivity index (χ4n) is 2.26. The van der Waals surface area contributed by atoms with Crippen molar-refractivity contribution in [1.82, 2.24) is 10.2 Å². The van der Waals surface area contributed by atoms with E-state index in [4.69, 9.17) is 10.5 Å². The van der Waals surface area contributed by atoms with Crippen LogP contribution in [0.1, 0.15) is 6.92 Å². The Kier molecular flexibility index (Phi) is 3.57. The Bertz CT molecular complexity index is 924. The zero-order valence-corrected chi connectivity index (χ0v) is 13.7. The van der Waals surface area contributed by atoms with Crippen molar-refractivity contribution < 1.29 is 13.2 Å². The van der Waals surface area contributed by atoms with Gasteiger partial charge in [-0.1, -0.05) is 19.1 Å². The Morgan fingerprint density at radius 1 is 1.32 bits per heavy atom. The topological polar surface area (TPSA) is 98.1 Å². The highest BCUT2D eigenvalue weighted by Crippen LogP contribution is 2.43. The summed E-state index contributed by atoms with van der Waals surface area (Å²) in [5, 5.41) is 7.45. The van der Waals surface area contributed by atoms with Gasteiger partial charge in [-0.25, -0.2) is 8.42 Å². The average molecular weight is 337 g/mol. The van der Waals surface area contributed by atoms with Gasteiger partial charge in [0.15, 0.2) is 9.84 Å². The maximum Gasteiger partial charge on any atom is 0.188 e. The molecule has 0 amide bonds. The van der Waals surface area contributed by atoms with Gasteiger partial charge in [0.2, 0.25) is 0 Å². The Morgan fingerprint density at radius 2 is 2.00 bits per heavy atom. The van der Waals surface area contributed by atoms with Crippen LogP contribution in [0.3, 0.4) is 0 Å². The minimum atomic E-state index is -3.36. The van der Waals surface area contributed by atoms with Crippen LogP contribution < -0.4 is 10.5 Å². The number of methoxy groups -OCH3 is 1. The minimum Gasteiger partial charge on any atom is -0.497 e. The van der Waals surface area contributed by atoms with Gasteiger partial charge in [0.1, 0.15) is 20.6 Å². The van der Waals surface area contributed by atoms with E-state index in [1.165, 1.54) is 0 Å². The van der Waals surface area contributed by atoms with Crippen LogP contribution >= 0.6 is 11.3 Å². The maximum atomic E-state index is 12.4. The van der Waals surface area contributed by atoms with Crippen molar-refractivity contribution in [3.63, 3.8) is 0 Å². The first-order chi connectivity index (χ1) is 10.5. The molecule has 2 heterocycles. The Balaban J connectivity index is 2.33. The molecule has 3 N–H and O–H groups in total. The molecule has 0 aliphatic rings. The molecule has 22 heavy (non-hydrogen) atoms. The largest absolute Gasteiger partial charge is 0.497 e. The lowest BCUT2D eigenvalue weighted by Crippen LogP contribution is -2.03. The zero-order valence-electron chi connectivity index (χ0n) is 12.1. The fourth-order valence-corrected chi connectivity index (χ4v) is 5.06. The highest BCUT2D eigenvalue weighted by molar-refractivity contribution is 7.93. The number of nitrogens with two attached hydrogens (primary N) is 1. The number of nitrogens with zero attached hydrogens (tertiary/aromatic N) is 1. The SMILES string of the molecule is CCS(=O)(=O)c1sc2n[nH]c(N)c2c1-c1ccc(OC)cc1. The molecule has 8 heteroatoms. The highest BCUT2D eigenvalue weighted by Gasteiger charge is 2.26. The van der Waals surface area contributed by atoms with E-state index in [1.807, 2.05) is 12.1 Å². The second-order valence-corrected chi connectivity index (χ2v) is 8.19. The molecule has 0 radical (unpaired) electrons. The molecule has 0 spiro atoms. The quantitative estimate of drug-likeness (QED) is 0.762. The van der Waals surface area contributed by atoms with E-state index in [0.717, 1.165) is 16.9 Å². The van der Waals surface area contributed by atoms with E-state index in [2.05, 4.69) is 10.2 Å². The smallest absolute Gasteiger partial charge is 0.188 e. The van der Waals surface area contributed by atoms with Gasteiger partial charge < -0.3 is 10.5 Å². The summed E-state index contributed by atoms with van der Waals surface area (Å²) < 4.78 is 30.3. The van der Waals surface area contributed by atoms with Crippen LogP contribution in [0.2, 0.25) is 0 Å². The summed E-state index contributed by atoms with van der Waals surface area (Å²) in [6.07, 6.45) is 0. The molecule has 0 aliphatic heterocycles. The van der Waals surface area contributed by atoms with Gasteiger partial charge >= 0.3 is 0 Å². The summed E-state index contributed by atoms with van der Waals surface area (Å²) in [6.45, 7) is 1.63. The number of fused-ring (bicyclic) bond motifs is 1. The summed E-state index contributed by atoms with van der Waals surface area (Å²) in [5.41, 5.74) is 7.32. The van der Waals surface area contributed by atoms with Crippen LogP contribution in [-0.2, 0) is 9.84 Å². The van der Waals surface area contributed by atoms with Crippen molar-refractivity contribution in [1.29, 1.82) is 0 Å². The van der Waals surface area contributed by atoms with Crippen molar-refractivity contribution in [2.45, 2.75) is 11.1 Å². The van der Waals surface area contributed by atoms with Crippen LogP contribution in [0.4, 0.5) is 5.82 Å². The predicted octanol–water partition coefficient (Wildman–Crippen LogP) is 2.68. The summed E-state index contributed by atoms with van der Waals surface area (Å²) in [4.78, 5) is 0.593. The standard InChI is InChI=1S/C14H15N3O3S2/c1-3-22(18,19)14-10(8-4-6-9(20-2)7-5-8)11-12(15)16-17-13(11)21-14/h4-7H,3H2,1-2H3,(H3,15,16,17). The lowest BCUT2D eigenvalue weighted by molar-refractivity contribution is 0.415. The average Bonchev–Trinajstić information content (AvgIpc) is 3.08. The van der Waals surface area contributed by atoms with Crippen molar-refractivity contribution in [3.05, 3.63) is 24.3 Å². The number of thiophene rings is 1. The third kappa shape index (κ3) is 2.24. The molecule has 0 bridgehead atoms. The number of anilines is 1. The first-order valence-electron chi connectivity index (χ1n) is 6.61. The number of H-pyrrole nitrogens is 1. The van der Waals surface area contributed by atoms with E-state index in [-0.39, 0.29) is 5.75 Å². The molecular weight excluding hydrogens is 322 g/mol. The number of hydrogen-bond acceptors (Lipinski definition) is 6. The molecule has 3 aromatic rings. The van der Waals surface area contributed by atoms with Crippen molar-refractivity contribution in [2.75, 3.05) is 18.6 Å². The number of rotatable bonds is 4. The van der Waals surface area contributed by atoms with Crippen molar-refractivity contribution in [2.24, 2.45) is 0 Å². The Morgan fingerprint density at radius 3 is 2.59 bits per heavy atom. The van der Waals surface area contributed by atoms with Crippen LogP contribution in [-0.4, -0.2) is 31.5 Å². The van der Waals surface area contributed by atoms with Gasteiger partial charge in [0.05, 0.1) is 18.2 Å². The normalized spacial score (nSPS) is 11.9. The minimum absolute atomic E-state index is 0.0306. The number of ether oxygens (including phenoxy) is 1. The Labute approximate surface area is 131 Å². The monoisotopic (exact) mass is 337 g/mol. The molecule has 0 saturated heterocycles. The molecule has 0 unspecified atom stereocenters. The zero-order chi connectivity index (χ0) is 15.9. The predicted molar refractivity (Wildman–Crippen MR) is 88.1 cm³/mol.